The number of hydrogen-bond donors (Lipinski definition) is 1. The molecule has 27 heavy (non-hydrogen) atoms. The van der Waals surface area contributed by atoms with E-state index in [9.17, 15) is 4.79 Å². The number of carbonyl (C=O) groups is 1. The lowest BCUT2D eigenvalue weighted by Crippen LogP contribution is -2.29. The van der Waals surface area contributed by atoms with Gasteiger partial charge in [0.1, 0.15) is 5.69 Å². The first-order chi connectivity index (χ1) is 13.1. The zero-order valence-corrected chi connectivity index (χ0v) is 16.3. The Hall–Kier alpha value is -2.80. The maximum atomic E-state index is 13.0. The minimum Gasteiger partial charge on any atom is -0.327 e. The lowest BCUT2D eigenvalue weighted by molar-refractivity contribution is 0.0747. The largest absolute Gasteiger partial charge is 0.327 e. The van der Waals surface area contributed by atoms with E-state index in [0.29, 0.717) is 13.0 Å². The number of nitrogens with one attached hydrogen (secondary N) is 1. The summed E-state index contributed by atoms with van der Waals surface area (Å²) in [6.45, 7) is 2.47. The number of aromatic amines is 1. The van der Waals surface area contributed by atoms with Crippen LogP contribution in [0.2, 0.25) is 0 Å². The Morgan fingerprint density at radius 3 is 2.93 bits per heavy atom. The van der Waals surface area contributed by atoms with Gasteiger partial charge in [-0.3, -0.25) is 14.9 Å². The number of pyridine rings is 1. The molecule has 1 aromatic carbocycles. The van der Waals surface area contributed by atoms with Gasteiger partial charge in [-0.2, -0.15) is 0 Å². The van der Waals surface area contributed by atoms with Crippen LogP contribution in [0.1, 0.15) is 40.3 Å². The summed E-state index contributed by atoms with van der Waals surface area (Å²) in [5, 5.41) is 10.5. The van der Waals surface area contributed by atoms with Crippen molar-refractivity contribution in [3.8, 4) is 0 Å². The number of allylic oxidation sites excluding steroid dienone is 1. The fourth-order valence-electron chi connectivity index (χ4n) is 3.36. The van der Waals surface area contributed by atoms with Crippen LogP contribution in [0.4, 0.5) is 0 Å². The second kappa shape index (κ2) is 7.44. The van der Waals surface area contributed by atoms with Crippen LogP contribution in [0.15, 0.2) is 59.3 Å². The molecule has 7 heteroatoms. The number of benzene rings is 1. The fraction of sp³-hybridized carbons (Fsp3) is 0.200. The number of nitrogens with zero attached hydrogens (tertiary/aromatic N) is 4. The summed E-state index contributed by atoms with van der Waals surface area (Å²) in [6, 6.07) is 11.6. The highest BCUT2D eigenvalue weighted by Gasteiger charge is 2.36. The number of fused-ring (bicyclic) bond motifs is 1. The van der Waals surface area contributed by atoms with Gasteiger partial charge < -0.3 is 4.90 Å². The first-order valence-corrected chi connectivity index (χ1v) is 9.47. The van der Waals surface area contributed by atoms with Gasteiger partial charge in [-0.25, -0.2) is 0 Å². The van der Waals surface area contributed by atoms with Crippen molar-refractivity contribution in [1.82, 2.24) is 25.3 Å². The Kier molecular flexibility index (Phi) is 4.85. The predicted octanol–water partition coefficient (Wildman–Crippen LogP) is 3.81. The van der Waals surface area contributed by atoms with E-state index in [1.54, 1.807) is 12.4 Å². The van der Waals surface area contributed by atoms with Gasteiger partial charge in [-0.05, 0) is 52.2 Å². The van der Waals surface area contributed by atoms with Crippen molar-refractivity contribution in [2.45, 2.75) is 19.4 Å². The van der Waals surface area contributed by atoms with Gasteiger partial charge in [-0.1, -0.05) is 29.5 Å². The first kappa shape index (κ1) is 17.6. The molecule has 3 heterocycles. The summed E-state index contributed by atoms with van der Waals surface area (Å²) in [5.74, 6) is 0.0480. The average molecular weight is 424 g/mol. The van der Waals surface area contributed by atoms with Crippen LogP contribution in [0.3, 0.4) is 0 Å². The van der Waals surface area contributed by atoms with Crippen LogP contribution in [0, 0.1) is 0 Å². The monoisotopic (exact) mass is 423 g/mol. The quantitative estimate of drug-likeness (QED) is 0.676. The maximum Gasteiger partial charge on any atom is 0.255 e. The first-order valence-electron chi connectivity index (χ1n) is 8.68. The third-order valence-electron chi connectivity index (χ3n) is 4.82. The van der Waals surface area contributed by atoms with Crippen LogP contribution < -0.4 is 0 Å². The molecule has 3 aromatic rings. The smallest absolute Gasteiger partial charge is 0.255 e. The van der Waals surface area contributed by atoms with Crippen LogP contribution in [0.5, 0.6) is 0 Å². The van der Waals surface area contributed by atoms with E-state index >= 15 is 0 Å². The number of amides is 1. The standard InChI is InChI=1S/C20H18BrN5O/c1-13(18-12-23-25-24-18)8-10-26-19(11-17-16(21)7-4-9-22-17)14-5-2-3-6-15(14)20(26)27/h2-9,12,19H,10-11H2,1H3,(H,23,24,25)/b13-8+. The SMILES string of the molecule is C/C(=C\CN1C(=O)c2ccccc2C1Cc1ncccc1Br)c1c[nH]nn1. The van der Waals surface area contributed by atoms with Crippen molar-refractivity contribution in [1.29, 1.82) is 0 Å². The minimum absolute atomic E-state index is 0.0480. The number of halogens is 1. The molecule has 0 aliphatic carbocycles. The minimum atomic E-state index is -0.0544. The van der Waals surface area contributed by atoms with Gasteiger partial charge in [-0.15, -0.1) is 5.10 Å². The molecule has 4 rings (SSSR count). The average Bonchev–Trinajstić information content (AvgIpc) is 3.30. The molecule has 1 atom stereocenters. The van der Waals surface area contributed by atoms with E-state index in [-0.39, 0.29) is 11.9 Å². The highest BCUT2D eigenvalue weighted by Crippen LogP contribution is 2.36. The normalized spacial score (nSPS) is 16.7. The van der Waals surface area contributed by atoms with E-state index in [4.69, 9.17) is 0 Å². The topological polar surface area (TPSA) is 74.8 Å². The molecule has 1 amide bonds. The molecule has 1 unspecified atom stereocenters. The molecule has 136 valence electrons. The predicted molar refractivity (Wildman–Crippen MR) is 106 cm³/mol. The van der Waals surface area contributed by atoms with Crippen LogP contribution in [0.25, 0.3) is 5.57 Å². The molecule has 0 saturated carbocycles. The van der Waals surface area contributed by atoms with Crippen molar-refractivity contribution >= 4 is 27.4 Å². The van der Waals surface area contributed by atoms with E-state index in [1.165, 1.54) is 0 Å². The van der Waals surface area contributed by atoms with Gasteiger partial charge in [0.15, 0.2) is 0 Å². The zero-order chi connectivity index (χ0) is 18.8. The molecule has 0 saturated heterocycles. The Morgan fingerprint density at radius 1 is 1.30 bits per heavy atom. The van der Waals surface area contributed by atoms with Crippen molar-refractivity contribution in [3.05, 3.63) is 81.9 Å². The summed E-state index contributed by atoms with van der Waals surface area (Å²) >= 11 is 3.57. The molecule has 6 nitrogen and oxygen atoms in total. The Bertz CT molecular complexity index is 999. The third-order valence-corrected chi connectivity index (χ3v) is 5.55. The molecule has 0 fully saturated rings. The molecule has 0 bridgehead atoms. The molecule has 1 aliphatic heterocycles. The number of carbonyl (C=O) groups excluding carboxylic acids is 1. The zero-order valence-electron chi connectivity index (χ0n) is 14.8. The van der Waals surface area contributed by atoms with E-state index in [0.717, 1.165) is 32.6 Å². The van der Waals surface area contributed by atoms with Gasteiger partial charge in [0.05, 0.1) is 11.7 Å². The summed E-state index contributed by atoms with van der Waals surface area (Å²) in [4.78, 5) is 19.4. The summed E-state index contributed by atoms with van der Waals surface area (Å²) in [6.07, 6.45) is 6.19. The molecule has 1 N–H and O–H groups in total. The van der Waals surface area contributed by atoms with Crippen molar-refractivity contribution in [2.24, 2.45) is 0 Å². The van der Waals surface area contributed by atoms with Crippen LogP contribution >= 0.6 is 15.9 Å². The van der Waals surface area contributed by atoms with Crippen LogP contribution in [-0.2, 0) is 6.42 Å². The highest BCUT2D eigenvalue weighted by molar-refractivity contribution is 9.10. The molecule has 1 aliphatic rings. The Morgan fingerprint density at radius 2 is 2.15 bits per heavy atom. The second-order valence-electron chi connectivity index (χ2n) is 6.44. The summed E-state index contributed by atoms with van der Waals surface area (Å²) < 4.78 is 0.955. The number of aromatic nitrogens is 4. The molecular formula is C20H18BrN5O. The van der Waals surface area contributed by atoms with Crippen molar-refractivity contribution < 1.29 is 4.79 Å². The van der Waals surface area contributed by atoms with Gasteiger partial charge in [0, 0.05) is 35.4 Å². The number of hydrogen-bond acceptors (Lipinski definition) is 4. The van der Waals surface area contributed by atoms with E-state index in [1.807, 2.05) is 54.3 Å². The highest BCUT2D eigenvalue weighted by atomic mass is 79.9. The summed E-state index contributed by atoms with van der Waals surface area (Å²) in [7, 11) is 0. The number of H-pyrrole nitrogens is 1. The lowest BCUT2D eigenvalue weighted by atomic mass is 10.0. The van der Waals surface area contributed by atoms with Crippen molar-refractivity contribution in [3.63, 3.8) is 0 Å². The van der Waals surface area contributed by atoms with Crippen molar-refractivity contribution in [2.75, 3.05) is 6.54 Å². The molecule has 2 aromatic heterocycles. The Balaban J connectivity index is 1.65. The van der Waals surface area contributed by atoms with Gasteiger partial charge in [0.25, 0.3) is 5.91 Å². The number of rotatable bonds is 5. The maximum absolute atomic E-state index is 13.0. The van der Waals surface area contributed by atoms with E-state index in [2.05, 4.69) is 36.3 Å². The molecule has 0 radical (unpaired) electrons. The summed E-state index contributed by atoms with van der Waals surface area (Å²) in [5.41, 5.74) is 4.51. The van der Waals surface area contributed by atoms with Gasteiger partial charge in [0.2, 0.25) is 0 Å². The molecular weight excluding hydrogens is 406 g/mol. The second-order valence-corrected chi connectivity index (χ2v) is 7.30. The third kappa shape index (κ3) is 3.42. The lowest BCUT2D eigenvalue weighted by Gasteiger charge is -2.24. The molecule has 0 spiro atoms. The Labute approximate surface area is 165 Å². The van der Waals surface area contributed by atoms with E-state index < -0.39 is 0 Å². The fourth-order valence-corrected chi connectivity index (χ4v) is 3.78. The van der Waals surface area contributed by atoms with Gasteiger partial charge >= 0.3 is 0 Å². The van der Waals surface area contributed by atoms with Crippen LogP contribution in [-0.4, -0.2) is 37.7 Å².